The zero-order valence-corrected chi connectivity index (χ0v) is 14.2. The molecule has 0 radical (unpaired) electrons. The van der Waals surface area contributed by atoms with Gasteiger partial charge in [0.1, 0.15) is 12.1 Å². The molecule has 7 nitrogen and oxygen atoms in total. The predicted molar refractivity (Wildman–Crippen MR) is 89.5 cm³/mol. The van der Waals surface area contributed by atoms with Crippen LogP contribution in [0.5, 0.6) is 0 Å². The number of benzene rings is 1. The van der Waals surface area contributed by atoms with Gasteiger partial charge in [0.05, 0.1) is 0 Å². The van der Waals surface area contributed by atoms with Crippen LogP contribution in [0.25, 0.3) is 0 Å². The molecule has 2 N–H and O–H groups in total. The average molecular weight is 334 g/mol. The maximum absolute atomic E-state index is 12.3. The van der Waals surface area contributed by atoms with Crippen LogP contribution in [0.1, 0.15) is 26.3 Å². The summed E-state index contributed by atoms with van der Waals surface area (Å²) in [4.78, 5) is 27.3. The third kappa shape index (κ3) is 4.97. The summed E-state index contributed by atoms with van der Waals surface area (Å²) in [5.74, 6) is -0.140. The van der Waals surface area contributed by atoms with E-state index < -0.39 is 18.8 Å². The van der Waals surface area contributed by atoms with Crippen molar-refractivity contribution >= 4 is 24.6 Å². The van der Waals surface area contributed by atoms with Crippen LogP contribution >= 0.6 is 0 Å². The lowest BCUT2D eigenvalue weighted by Crippen LogP contribution is -2.52. The fourth-order valence-electron chi connectivity index (χ4n) is 2.37. The Morgan fingerprint density at radius 3 is 2.33 bits per heavy atom. The molecule has 0 atom stereocenters. The van der Waals surface area contributed by atoms with Crippen LogP contribution in [0.4, 0.5) is 4.79 Å². The summed E-state index contributed by atoms with van der Waals surface area (Å²) in [5, 5.41) is 18.2. The minimum atomic E-state index is -1.50. The second kappa shape index (κ2) is 7.23. The summed E-state index contributed by atoms with van der Waals surface area (Å²) in [6.45, 7) is 6.64. The summed E-state index contributed by atoms with van der Waals surface area (Å²) in [5.41, 5.74) is 0.703. The number of piperazine rings is 1. The molecule has 0 unspecified atom stereocenters. The molecule has 8 heteroatoms. The Balaban J connectivity index is 1.91. The molecule has 1 aromatic rings. The van der Waals surface area contributed by atoms with E-state index in [2.05, 4.69) is 0 Å². The fourth-order valence-corrected chi connectivity index (χ4v) is 2.37. The van der Waals surface area contributed by atoms with Crippen LogP contribution in [0.15, 0.2) is 24.3 Å². The highest BCUT2D eigenvalue weighted by molar-refractivity contribution is 6.58. The van der Waals surface area contributed by atoms with Gasteiger partial charge in [-0.25, -0.2) is 4.79 Å². The lowest BCUT2D eigenvalue weighted by Gasteiger charge is -2.35. The van der Waals surface area contributed by atoms with Crippen molar-refractivity contribution in [2.75, 3.05) is 19.6 Å². The third-order valence-electron chi connectivity index (χ3n) is 3.62. The van der Waals surface area contributed by atoms with E-state index in [4.69, 9.17) is 14.8 Å². The van der Waals surface area contributed by atoms with Crippen molar-refractivity contribution in [2.24, 2.45) is 0 Å². The van der Waals surface area contributed by atoms with Gasteiger partial charge in [0.25, 0.3) is 0 Å². The number of carbonyl (C=O) groups excluding carboxylic acids is 2. The third-order valence-corrected chi connectivity index (χ3v) is 3.62. The largest absolute Gasteiger partial charge is 0.488 e. The van der Waals surface area contributed by atoms with Crippen LogP contribution in [-0.4, -0.2) is 64.2 Å². The first-order valence-electron chi connectivity index (χ1n) is 7.86. The molecule has 130 valence electrons. The summed E-state index contributed by atoms with van der Waals surface area (Å²) in [6, 6.07) is 6.73. The van der Waals surface area contributed by atoms with E-state index in [1.54, 1.807) is 49.9 Å². The van der Waals surface area contributed by atoms with Gasteiger partial charge in [-0.2, -0.15) is 0 Å². The molecular formula is C16H23BN2O5. The first kappa shape index (κ1) is 18.3. The van der Waals surface area contributed by atoms with Gasteiger partial charge in [0.2, 0.25) is 5.91 Å². The predicted octanol–water partition coefficient (Wildman–Crippen LogP) is -0.0543. The van der Waals surface area contributed by atoms with E-state index in [1.165, 1.54) is 4.90 Å². The first-order chi connectivity index (χ1) is 11.2. The molecule has 0 bridgehead atoms. The van der Waals surface area contributed by atoms with Crippen molar-refractivity contribution in [1.82, 2.24) is 9.80 Å². The number of ether oxygens (including phenoxy) is 1. The Bertz CT molecular complexity index is 597. The van der Waals surface area contributed by atoms with Crippen molar-refractivity contribution in [3.8, 4) is 0 Å². The first-order valence-corrected chi connectivity index (χ1v) is 7.86. The number of nitrogens with zero attached hydrogens (tertiary/aromatic N) is 2. The fraction of sp³-hybridized carbons (Fsp3) is 0.500. The monoisotopic (exact) mass is 334 g/mol. The normalized spacial score (nSPS) is 15.5. The number of rotatable bonds is 3. The van der Waals surface area contributed by atoms with Crippen LogP contribution in [0.2, 0.25) is 0 Å². The van der Waals surface area contributed by atoms with Gasteiger partial charge in [0.15, 0.2) is 0 Å². The van der Waals surface area contributed by atoms with Gasteiger partial charge < -0.3 is 19.7 Å². The highest BCUT2D eigenvalue weighted by Gasteiger charge is 2.30. The molecule has 2 amide bonds. The van der Waals surface area contributed by atoms with Crippen molar-refractivity contribution < 1.29 is 24.4 Å². The zero-order chi connectivity index (χ0) is 17.9. The molecule has 0 aliphatic carbocycles. The maximum atomic E-state index is 12.3. The van der Waals surface area contributed by atoms with Crippen LogP contribution in [-0.2, 0) is 16.1 Å². The number of hydrogen-bond acceptors (Lipinski definition) is 5. The van der Waals surface area contributed by atoms with Gasteiger partial charge in [-0.1, -0.05) is 24.3 Å². The van der Waals surface area contributed by atoms with Crippen molar-refractivity contribution in [3.05, 3.63) is 29.8 Å². The topological polar surface area (TPSA) is 90.3 Å². The summed E-state index contributed by atoms with van der Waals surface area (Å²) < 4.78 is 5.28. The molecule has 1 saturated heterocycles. The minimum Gasteiger partial charge on any atom is -0.444 e. The highest BCUT2D eigenvalue weighted by atomic mass is 16.6. The van der Waals surface area contributed by atoms with E-state index in [-0.39, 0.29) is 12.5 Å². The Hall–Kier alpha value is -2.06. The van der Waals surface area contributed by atoms with Gasteiger partial charge in [-0.15, -0.1) is 0 Å². The minimum absolute atomic E-state index is 0.00233. The summed E-state index contributed by atoms with van der Waals surface area (Å²) >= 11 is 0. The zero-order valence-electron chi connectivity index (χ0n) is 14.2. The van der Waals surface area contributed by atoms with Crippen molar-refractivity contribution in [3.63, 3.8) is 0 Å². The molecule has 1 aliphatic heterocycles. The van der Waals surface area contributed by atoms with Gasteiger partial charge >= 0.3 is 13.2 Å². The Kier molecular flexibility index (Phi) is 5.51. The number of hydrogen-bond donors (Lipinski definition) is 2. The second-order valence-electron chi connectivity index (χ2n) is 6.83. The van der Waals surface area contributed by atoms with Gasteiger partial charge in [0, 0.05) is 19.6 Å². The van der Waals surface area contributed by atoms with Crippen LogP contribution in [0.3, 0.4) is 0 Å². The standard InChI is InChI=1S/C16H23BN2O5/c1-16(2,3)24-15(21)19-9-8-18(14(20)11-19)10-12-4-6-13(7-5-12)17(22)23/h4-7,22-23H,8-11H2,1-3H3. The second-order valence-corrected chi connectivity index (χ2v) is 6.83. The molecular weight excluding hydrogens is 311 g/mol. The lowest BCUT2D eigenvalue weighted by molar-refractivity contribution is -0.136. The molecule has 1 fully saturated rings. The summed E-state index contributed by atoms with van der Waals surface area (Å²) in [7, 11) is -1.50. The van der Waals surface area contributed by atoms with Crippen molar-refractivity contribution in [2.45, 2.75) is 32.9 Å². The molecule has 1 aliphatic rings. The molecule has 0 spiro atoms. The Labute approximate surface area is 142 Å². The molecule has 24 heavy (non-hydrogen) atoms. The molecule has 1 aromatic carbocycles. The highest BCUT2D eigenvalue weighted by Crippen LogP contribution is 2.14. The molecule has 0 aromatic heterocycles. The van der Waals surface area contributed by atoms with E-state index in [9.17, 15) is 9.59 Å². The van der Waals surface area contributed by atoms with E-state index >= 15 is 0 Å². The molecule has 1 heterocycles. The number of amides is 2. The van der Waals surface area contributed by atoms with Crippen molar-refractivity contribution in [1.29, 1.82) is 0 Å². The molecule has 2 rings (SSSR count). The Morgan fingerprint density at radius 1 is 1.21 bits per heavy atom. The number of carbonyl (C=O) groups is 2. The van der Waals surface area contributed by atoms with Gasteiger partial charge in [-0.3, -0.25) is 9.69 Å². The quantitative estimate of drug-likeness (QED) is 0.756. The smallest absolute Gasteiger partial charge is 0.444 e. The average Bonchev–Trinajstić information content (AvgIpc) is 2.48. The molecule has 0 saturated carbocycles. The Morgan fingerprint density at radius 2 is 1.83 bits per heavy atom. The SMILES string of the molecule is CC(C)(C)OC(=O)N1CCN(Cc2ccc(B(O)O)cc2)C(=O)C1. The summed E-state index contributed by atoms with van der Waals surface area (Å²) in [6.07, 6.45) is -0.475. The van der Waals surface area contributed by atoms with Crippen LogP contribution in [0, 0.1) is 0 Å². The maximum Gasteiger partial charge on any atom is 0.488 e. The van der Waals surface area contributed by atoms with E-state index in [0.29, 0.717) is 25.1 Å². The van der Waals surface area contributed by atoms with Crippen LogP contribution < -0.4 is 5.46 Å². The lowest BCUT2D eigenvalue weighted by atomic mass is 9.80. The van der Waals surface area contributed by atoms with Gasteiger partial charge in [-0.05, 0) is 31.8 Å². The van der Waals surface area contributed by atoms with E-state index in [0.717, 1.165) is 5.56 Å². The van der Waals surface area contributed by atoms with E-state index in [1.807, 2.05) is 0 Å².